The standard InChI is InChI=1S/C12H21N3O2/c1-9-8-14-10(15(9)5)6-7-13-11(16)17-12(2,3)4/h8H,6-7H2,1-5H3,(H,13,16). The van der Waals surface area contributed by atoms with Crippen molar-refractivity contribution in [1.82, 2.24) is 14.9 Å². The van der Waals surface area contributed by atoms with Crippen LogP contribution in [0.4, 0.5) is 4.79 Å². The molecule has 1 aromatic rings. The summed E-state index contributed by atoms with van der Waals surface area (Å²) < 4.78 is 7.14. The first-order valence-corrected chi connectivity index (χ1v) is 5.73. The largest absolute Gasteiger partial charge is 0.444 e. The number of aromatic nitrogens is 2. The first kappa shape index (κ1) is 13.5. The molecule has 5 heteroatoms. The molecule has 0 unspecified atom stereocenters. The Kier molecular flexibility index (Phi) is 4.15. The monoisotopic (exact) mass is 239 g/mol. The van der Waals surface area contributed by atoms with Gasteiger partial charge in [0.2, 0.25) is 0 Å². The second-order valence-corrected chi connectivity index (χ2v) is 5.05. The molecule has 1 amide bonds. The highest BCUT2D eigenvalue weighted by Gasteiger charge is 2.15. The van der Waals surface area contributed by atoms with E-state index in [2.05, 4.69) is 10.3 Å². The Hall–Kier alpha value is -1.52. The summed E-state index contributed by atoms with van der Waals surface area (Å²) in [5.74, 6) is 0.957. The molecule has 5 nitrogen and oxygen atoms in total. The maximum Gasteiger partial charge on any atom is 0.407 e. The predicted octanol–water partition coefficient (Wildman–Crippen LogP) is 1.80. The highest BCUT2D eigenvalue weighted by atomic mass is 16.6. The normalized spacial score (nSPS) is 11.4. The summed E-state index contributed by atoms with van der Waals surface area (Å²) in [6.45, 7) is 8.05. The number of hydrogen-bond acceptors (Lipinski definition) is 3. The minimum Gasteiger partial charge on any atom is -0.444 e. The van der Waals surface area contributed by atoms with Gasteiger partial charge in [-0.05, 0) is 27.7 Å². The highest BCUT2D eigenvalue weighted by Crippen LogP contribution is 2.06. The molecule has 17 heavy (non-hydrogen) atoms. The van der Waals surface area contributed by atoms with Gasteiger partial charge >= 0.3 is 6.09 Å². The van der Waals surface area contributed by atoms with Crippen LogP contribution >= 0.6 is 0 Å². The number of hydrogen-bond donors (Lipinski definition) is 1. The molecule has 0 spiro atoms. The quantitative estimate of drug-likeness (QED) is 0.875. The lowest BCUT2D eigenvalue weighted by Crippen LogP contribution is -2.33. The fourth-order valence-electron chi connectivity index (χ4n) is 1.37. The summed E-state index contributed by atoms with van der Waals surface area (Å²) in [6.07, 6.45) is 2.13. The van der Waals surface area contributed by atoms with Gasteiger partial charge in [-0.3, -0.25) is 0 Å². The number of ether oxygens (including phenoxy) is 1. The zero-order valence-electron chi connectivity index (χ0n) is 11.2. The van der Waals surface area contributed by atoms with Crippen LogP contribution in [0.3, 0.4) is 0 Å². The molecule has 0 aliphatic rings. The minimum absolute atomic E-state index is 0.386. The van der Waals surface area contributed by atoms with E-state index in [0.717, 1.165) is 11.5 Å². The van der Waals surface area contributed by atoms with Crippen molar-refractivity contribution >= 4 is 6.09 Å². The van der Waals surface area contributed by atoms with Crippen LogP contribution in [0.5, 0.6) is 0 Å². The summed E-state index contributed by atoms with van der Waals surface area (Å²) >= 11 is 0. The number of carbonyl (C=O) groups is 1. The summed E-state index contributed by atoms with van der Waals surface area (Å²) in [5, 5.41) is 2.71. The molecule has 1 rings (SSSR count). The maximum atomic E-state index is 11.4. The van der Waals surface area contributed by atoms with Gasteiger partial charge in [0.15, 0.2) is 0 Å². The summed E-state index contributed by atoms with van der Waals surface area (Å²) in [7, 11) is 1.96. The third-order valence-corrected chi connectivity index (χ3v) is 2.33. The topological polar surface area (TPSA) is 56.1 Å². The van der Waals surface area contributed by atoms with E-state index in [1.165, 1.54) is 0 Å². The van der Waals surface area contributed by atoms with Crippen molar-refractivity contribution in [3.63, 3.8) is 0 Å². The first-order chi connectivity index (χ1) is 7.79. The van der Waals surface area contributed by atoms with Crippen LogP contribution in [-0.4, -0.2) is 27.8 Å². The third-order valence-electron chi connectivity index (χ3n) is 2.33. The molecule has 0 aliphatic heterocycles. The minimum atomic E-state index is -0.454. The van der Waals surface area contributed by atoms with E-state index in [9.17, 15) is 4.79 Å². The maximum absolute atomic E-state index is 11.4. The van der Waals surface area contributed by atoms with E-state index in [1.807, 2.05) is 45.5 Å². The molecule has 0 fully saturated rings. The molecule has 1 aromatic heterocycles. The van der Waals surface area contributed by atoms with Gasteiger partial charge in [0, 0.05) is 31.9 Å². The van der Waals surface area contributed by atoms with Crippen LogP contribution in [0.2, 0.25) is 0 Å². The Morgan fingerprint density at radius 3 is 2.65 bits per heavy atom. The van der Waals surface area contributed by atoms with E-state index in [-0.39, 0.29) is 6.09 Å². The zero-order valence-corrected chi connectivity index (χ0v) is 11.2. The van der Waals surface area contributed by atoms with Crippen LogP contribution in [0.1, 0.15) is 32.3 Å². The average molecular weight is 239 g/mol. The van der Waals surface area contributed by atoms with Crippen molar-refractivity contribution in [2.75, 3.05) is 6.54 Å². The van der Waals surface area contributed by atoms with Crippen molar-refractivity contribution in [2.45, 2.75) is 39.7 Å². The van der Waals surface area contributed by atoms with Gasteiger partial charge in [-0.15, -0.1) is 0 Å². The van der Waals surface area contributed by atoms with Gasteiger partial charge in [0.1, 0.15) is 11.4 Å². The van der Waals surface area contributed by atoms with Crippen molar-refractivity contribution in [3.05, 3.63) is 17.7 Å². The van der Waals surface area contributed by atoms with E-state index in [4.69, 9.17) is 4.74 Å². The molecule has 0 aromatic carbocycles. The number of aryl methyl sites for hydroxylation is 1. The Labute approximate surface area is 102 Å². The number of nitrogens with zero attached hydrogens (tertiary/aromatic N) is 2. The van der Waals surface area contributed by atoms with E-state index < -0.39 is 5.60 Å². The zero-order chi connectivity index (χ0) is 13.1. The van der Waals surface area contributed by atoms with Crippen LogP contribution in [0, 0.1) is 6.92 Å². The molecule has 0 saturated heterocycles. The average Bonchev–Trinajstić information content (AvgIpc) is 2.46. The van der Waals surface area contributed by atoms with E-state index in [0.29, 0.717) is 13.0 Å². The Morgan fingerprint density at radius 1 is 1.53 bits per heavy atom. The molecule has 0 bridgehead atoms. The van der Waals surface area contributed by atoms with E-state index >= 15 is 0 Å². The lowest BCUT2D eigenvalue weighted by Gasteiger charge is -2.19. The Bertz CT molecular complexity index is 391. The van der Waals surface area contributed by atoms with Gasteiger partial charge in [-0.2, -0.15) is 0 Å². The second kappa shape index (κ2) is 5.21. The lowest BCUT2D eigenvalue weighted by molar-refractivity contribution is 0.0528. The number of amides is 1. The van der Waals surface area contributed by atoms with Crippen molar-refractivity contribution in [2.24, 2.45) is 7.05 Å². The molecule has 0 saturated carbocycles. The number of imidazole rings is 1. The number of rotatable bonds is 3. The number of nitrogens with one attached hydrogen (secondary N) is 1. The van der Waals surface area contributed by atoms with Gasteiger partial charge in [-0.25, -0.2) is 9.78 Å². The van der Waals surface area contributed by atoms with Crippen LogP contribution in [0.25, 0.3) is 0 Å². The second-order valence-electron chi connectivity index (χ2n) is 5.05. The van der Waals surface area contributed by atoms with Gasteiger partial charge in [0.25, 0.3) is 0 Å². The SMILES string of the molecule is Cc1cnc(CCNC(=O)OC(C)(C)C)n1C. The summed E-state index contributed by atoms with van der Waals surface area (Å²) in [6, 6.07) is 0. The predicted molar refractivity (Wildman–Crippen MR) is 65.9 cm³/mol. The molecular formula is C12H21N3O2. The molecule has 0 radical (unpaired) electrons. The Balaban J connectivity index is 2.34. The number of alkyl carbamates (subject to hydrolysis) is 1. The summed E-state index contributed by atoms with van der Waals surface area (Å²) in [4.78, 5) is 15.6. The van der Waals surface area contributed by atoms with Gasteiger partial charge in [0.05, 0.1) is 0 Å². The lowest BCUT2D eigenvalue weighted by atomic mass is 10.2. The van der Waals surface area contributed by atoms with Crippen LogP contribution < -0.4 is 5.32 Å². The molecule has 1 heterocycles. The van der Waals surface area contributed by atoms with Crippen molar-refractivity contribution < 1.29 is 9.53 Å². The first-order valence-electron chi connectivity index (χ1n) is 5.73. The van der Waals surface area contributed by atoms with E-state index in [1.54, 1.807) is 0 Å². The smallest absolute Gasteiger partial charge is 0.407 e. The molecule has 1 N–H and O–H groups in total. The van der Waals surface area contributed by atoms with Crippen LogP contribution in [0.15, 0.2) is 6.20 Å². The molecule has 0 atom stereocenters. The molecular weight excluding hydrogens is 218 g/mol. The summed E-state index contributed by atoms with van der Waals surface area (Å²) in [5.41, 5.74) is 0.654. The van der Waals surface area contributed by atoms with Gasteiger partial charge in [-0.1, -0.05) is 0 Å². The van der Waals surface area contributed by atoms with Gasteiger partial charge < -0.3 is 14.6 Å². The van der Waals surface area contributed by atoms with Crippen molar-refractivity contribution in [1.29, 1.82) is 0 Å². The van der Waals surface area contributed by atoms with Crippen molar-refractivity contribution in [3.8, 4) is 0 Å². The molecule has 0 aliphatic carbocycles. The number of carbonyl (C=O) groups excluding carboxylic acids is 1. The third kappa shape index (κ3) is 4.46. The fraction of sp³-hybridized carbons (Fsp3) is 0.667. The highest BCUT2D eigenvalue weighted by molar-refractivity contribution is 5.67. The molecule has 96 valence electrons. The fourth-order valence-corrected chi connectivity index (χ4v) is 1.37. The van der Waals surface area contributed by atoms with Crippen LogP contribution in [-0.2, 0) is 18.2 Å². The Morgan fingerprint density at radius 2 is 2.18 bits per heavy atom.